The second-order valence-corrected chi connectivity index (χ2v) is 10.1. The second-order valence-electron chi connectivity index (χ2n) is 10.1. The molecule has 8 nitrogen and oxygen atoms in total. The predicted octanol–water partition coefficient (Wildman–Crippen LogP) is 2.84. The van der Waals surface area contributed by atoms with Crippen molar-refractivity contribution in [1.29, 1.82) is 0 Å². The lowest BCUT2D eigenvalue weighted by molar-refractivity contribution is -0.135. The highest BCUT2D eigenvalue weighted by Gasteiger charge is 2.28. The number of likely N-dealkylation sites (tertiary alicyclic amines) is 2. The fourth-order valence-corrected chi connectivity index (χ4v) is 4.19. The van der Waals surface area contributed by atoms with Gasteiger partial charge < -0.3 is 25.2 Å². The zero-order valence-corrected chi connectivity index (χ0v) is 20.4. The van der Waals surface area contributed by atoms with Crippen LogP contribution in [0.2, 0.25) is 0 Å². The van der Waals surface area contributed by atoms with Crippen LogP contribution in [0.25, 0.3) is 0 Å². The van der Waals surface area contributed by atoms with Gasteiger partial charge >= 0.3 is 6.09 Å². The molecule has 0 aromatic rings. The number of hydrogen-bond donors (Lipinski definition) is 2. The molecule has 1 unspecified atom stereocenters. The monoisotopic (exact) mass is 437 g/mol. The summed E-state index contributed by atoms with van der Waals surface area (Å²) in [7, 11) is 1.79. The van der Waals surface area contributed by atoms with Gasteiger partial charge in [-0.1, -0.05) is 13.8 Å². The summed E-state index contributed by atoms with van der Waals surface area (Å²) in [5.41, 5.74) is -0.456. The molecule has 31 heavy (non-hydrogen) atoms. The number of carbonyl (C=O) groups is 2. The summed E-state index contributed by atoms with van der Waals surface area (Å²) >= 11 is 0. The Labute approximate surface area is 188 Å². The van der Waals surface area contributed by atoms with Crippen LogP contribution >= 0.6 is 0 Å². The third kappa shape index (κ3) is 8.57. The van der Waals surface area contributed by atoms with E-state index < -0.39 is 5.60 Å². The summed E-state index contributed by atoms with van der Waals surface area (Å²) in [5.74, 6) is 1.59. The molecular weight excluding hydrogens is 394 g/mol. The second kappa shape index (κ2) is 11.6. The van der Waals surface area contributed by atoms with Crippen molar-refractivity contribution in [1.82, 2.24) is 20.4 Å². The minimum Gasteiger partial charge on any atom is -0.444 e. The maximum atomic E-state index is 12.3. The first-order chi connectivity index (χ1) is 14.6. The first kappa shape index (κ1) is 25.3. The van der Waals surface area contributed by atoms with Crippen molar-refractivity contribution in [2.75, 3.05) is 39.8 Å². The Balaban J connectivity index is 1.70. The lowest BCUT2D eigenvalue weighted by Gasteiger charge is -2.35. The van der Waals surface area contributed by atoms with Crippen LogP contribution in [0.4, 0.5) is 4.79 Å². The van der Waals surface area contributed by atoms with E-state index >= 15 is 0 Å². The molecular formula is C23H43N5O3. The Morgan fingerprint density at radius 3 is 2.35 bits per heavy atom. The van der Waals surface area contributed by atoms with Gasteiger partial charge in [-0.05, 0) is 58.8 Å². The van der Waals surface area contributed by atoms with Crippen LogP contribution in [0.15, 0.2) is 4.99 Å². The van der Waals surface area contributed by atoms with Gasteiger partial charge in [-0.25, -0.2) is 4.79 Å². The zero-order valence-electron chi connectivity index (χ0n) is 20.4. The number of hydrogen-bond acceptors (Lipinski definition) is 4. The van der Waals surface area contributed by atoms with E-state index in [-0.39, 0.29) is 17.9 Å². The molecule has 0 spiro atoms. The van der Waals surface area contributed by atoms with Crippen LogP contribution in [0.1, 0.15) is 66.7 Å². The molecule has 0 aromatic heterocycles. The van der Waals surface area contributed by atoms with Crippen molar-refractivity contribution >= 4 is 18.0 Å². The van der Waals surface area contributed by atoms with Gasteiger partial charge in [0.2, 0.25) is 5.91 Å². The number of ether oxygens (including phenoxy) is 1. The van der Waals surface area contributed by atoms with E-state index in [0.29, 0.717) is 12.0 Å². The Morgan fingerprint density at radius 1 is 1.10 bits per heavy atom. The number of carbonyl (C=O) groups excluding carboxylic acids is 2. The third-order valence-electron chi connectivity index (χ3n) is 5.88. The summed E-state index contributed by atoms with van der Waals surface area (Å²) in [5, 5.41) is 6.92. The van der Waals surface area contributed by atoms with Crippen molar-refractivity contribution in [2.45, 2.75) is 78.4 Å². The van der Waals surface area contributed by atoms with Crippen LogP contribution in [0.3, 0.4) is 0 Å². The first-order valence-electron chi connectivity index (χ1n) is 11.8. The number of guanidine groups is 1. The number of aliphatic imine (C=N–C) groups is 1. The van der Waals surface area contributed by atoms with E-state index in [2.05, 4.69) is 15.6 Å². The molecule has 2 fully saturated rings. The van der Waals surface area contributed by atoms with Crippen LogP contribution in [-0.4, -0.2) is 79.2 Å². The highest BCUT2D eigenvalue weighted by Crippen LogP contribution is 2.21. The van der Waals surface area contributed by atoms with E-state index in [0.717, 1.165) is 70.8 Å². The molecule has 2 rings (SSSR count). The van der Waals surface area contributed by atoms with Gasteiger partial charge in [-0.2, -0.15) is 0 Å². The summed E-state index contributed by atoms with van der Waals surface area (Å²) in [6.45, 7) is 13.6. The Morgan fingerprint density at radius 2 is 1.77 bits per heavy atom. The average molecular weight is 438 g/mol. The minimum absolute atomic E-state index is 0.0602. The van der Waals surface area contributed by atoms with Crippen molar-refractivity contribution in [3.63, 3.8) is 0 Å². The van der Waals surface area contributed by atoms with Crippen LogP contribution in [-0.2, 0) is 9.53 Å². The normalized spacial score (nSPS) is 21.3. The van der Waals surface area contributed by atoms with E-state index in [4.69, 9.17) is 4.74 Å². The van der Waals surface area contributed by atoms with Crippen molar-refractivity contribution in [2.24, 2.45) is 16.8 Å². The molecule has 2 aliphatic rings. The molecule has 2 N–H and O–H groups in total. The fourth-order valence-electron chi connectivity index (χ4n) is 4.19. The summed E-state index contributed by atoms with van der Waals surface area (Å²) in [6.07, 6.45) is 4.81. The van der Waals surface area contributed by atoms with Gasteiger partial charge in [-0.3, -0.25) is 9.79 Å². The predicted molar refractivity (Wildman–Crippen MR) is 124 cm³/mol. The summed E-state index contributed by atoms with van der Waals surface area (Å²) in [4.78, 5) is 32.7. The smallest absolute Gasteiger partial charge is 0.410 e. The van der Waals surface area contributed by atoms with E-state index in [1.54, 1.807) is 7.05 Å². The van der Waals surface area contributed by atoms with Gasteiger partial charge in [0.05, 0.1) is 0 Å². The Hall–Kier alpha value is -1.99. The minimum atomic E-state index is -0.456. The number of nitrogens with one attached hydrogen (secondary N) is 2. The molecule has 0 aliphatic carbocycles. The highest BCUT2D eigenvalue weighted by molar-refractivity contribution is 5.80. The lowest BCUT2D eigenvalue weighted by Crippen LogP contribution is -2.50. The summed E-state index contributed by atoms with van der Waals surface area (Å²) in [6, 6.07) is 0.333. The quantitative estimate of drug-likeness (QED) is 0.510. The first-order valence-corrected chi connectivity index (χ1v) is 11.8. The number of nitrogens with zero attached hydrogens (tertiary/aromatic N) is 3. The molecule has 2 saturated heterocycles. The lowest BCUT2D eigenvalue weighted by atomic mass is 9.95. The van der Waals surface area contributed by atoms with E-state index in [1.807, 2.05) is 44.4 Å². The fraction of sp³-hybridized carbons (Fsp3) is 0.870. The maximum absolute atomic E-state index is 12.3. The van der Waals surface area contributed by atoms with Gasteiger partial charge in [0, 0.05) is 51.7 Å². The molecule has 2 heterocycles. The molecule has 0 bridgehead atoms. The van der Waals surface area contributed by atoms with Gasteiger partial charge in [0.15, 0.2) is 5.96 Å². The van der Waals surface area contributed by atoms with Crippen LogP contribution in [0, 0.1) is 11.8 Å². The summed E-state index contributed by atoms with van der Waals surface area (Å²) < 4.78 is 5.52. The highest BCUT2D eigenvalue weighted by atomic mass is 16.6. The molecule has 178 valence electrons. The van der Waals surface area contributed by atoms with E-state index in [1.165, 1.54) is 0 Å². The molecule has 8 heteroatoms. The number of piperidine rings is 2. The van der Waals surface area contributed by atoms with E-state index in [9.17, 15) is 9.59 Å². The SMILES string of the molecule is CN=C(NCCC1CCCN(C(=O)OC(C)(C)C)C1)NC1CCN(C(=O)C(C)C)CC1. The van der Waals surface area contributed by atoms with Crippen molar-refractivity contribution < 1.29 is 14.3 Å². The molecule has 0 saturated carbocycles. The van der Waals surface area contributed by atoms with Gasteiger partial charge in [-0.15, -0.1) is 0 Å². The van der Waals surface area contributed by atoms with Crippen LogP contribution < -0.4 is 10.6 Å². The standard InChI is InChI=1S/C23H43N5O3/c1-17(2)20(29)27-14-10-19(11-15-27)26-21(24-6)25-12-9-18-8-7-13-28(16-18)22(30)31-23(3,4)5/h17-19H,7-16H2,1-6H3,(H2,24,25,26). The molecule has 2 amide bonds. The van der Waals surface area contributed by atoms with Crippen molar-refractivity contribution in [3.8, 4) is 0 Å². The number of rotatable bonds is 5. The number of amides is 2. The van der Waals surface area contributed by atoms with Crippen LogP contribution in [0.5, 0.6) is 0 Å². The molecule has 1 atom stereocenters. The molecule has 2 aliphatic heterocycles. The molecule has 0 radical (unpaired) electrons. The Kier molecular flexibility index (Phi) is 9.44. The van der Waals surface area contributed by atoms with Crippen molar-refractivity contribution in [3.05, 3.63) is 0 Å². The van der Waals surface area contributed by atoms with Gasteiger partial charge in [0.25, 0.3) is 0 Å². The topological polar surface area (TPSA) is 86.3 Å². The average Bonchev–Trinajstić information content (AvgIpc) is 2.72. The van der Waals surface area contributed by atoms with Gasteiger partial charge in [0.1, 0.15) is 5.60 Å². The third-order valence-corrected chi connectivity index (χ3v) is 5.88. The maximum Gasteiger partial charge on any atom is 0.410 e. The molecule has 0 aromatic carbocycles. The zero-order chi connectivity index (χ0) is 23.0. The Bertz CT molecular complexity index is 621. The largest absolute Gasteiger partial charge is 0.444 e.